The van der Waals surface area contributed by atoms with E-state index >= 15 is 0 Å². The van der Waals surface area contributed by atoms with Crippen molar-refractivity contribution in [3.05, 3.63) is 0 Å². The standard InChI is InChI=1S/C12H26N2O/c1-3-12(2,9-13)10-14-6-4-11(8-15)5-7-14/h11,15H,3-10,13H2,1-2H3. The van der Waals surface area contributed by atoms with Crippen LogP contribution in [0.5, 0.6) is 0 Å². The van der Waals surface area contributed by atoms with Crippen molar-refractivity contribution in [2.24, 2.45) is 17.1 Å². The zero-order valence-corrected chi connectivity index (χ0v) is 10.2. The van der Waals surface area contributed by atoms with E-state index in [9.17, 15) is 0 Å². The first kappa shape index (κ1) is 12.9. The lowest BCUT2D eigenvalue weighted by atomic mass is 9.86. The third-order valence-corrected chi connectivity index (χ3v) is 3.92. The van der Waals surface area contributed by atoms with Gasteiger partial charge in [0.05, 0.1) is 0 Å². The summed E-state index contributed by atoms with van der Waals surface area (Å²) in [6.07, 6.45) is 3.42. The van der Waals surface area contributed by atoms with Crippen molar-refractivity contribution in [1.82, 2.24) is 4.90 Å². The number of hydrogen-bond acceptors (Lipinski definition) is 3. The summed E-state index contributed by atoms with van der Waals surface area (Å²) in [5.74, 6) is 0.534. The van der Waals surface area contributed by atoms with E-state index in [1.165, 1.54) is 0 Å². The summed E-state index contributed by atoms with van der Waals surface area (Å²) < 4.78 is 0. The zero-order chi connectivity index (χ0) is 11.3. The van der Waals surface area contributed by atoms with Crippen molar-refractivity contribution in [3.8, 4) is 0 Å². The summed E-state index contributed by atoms with van der Waals surface area (Å²) >= 11 is 0. The molecule has 3 heteroatoms. The number of aliphatic hydroxyl groups is 1. The quantitative estimate of drug-likeness (QED) is 0.719. The number of hydrogen-bond donors (Lipinski definition) is 2. The molecule has 1 aliphatic heterocycles. The number of nitrogens with two attached hydrogens (primary N) is 1. The smallest absolute Gasteiger partial charge is 0.0460 e. The van der Waals surface area contributed by atoms with E-state index in [1.54, 1.807) is 0 Å². The molecule has 15 heavy (non-hydrogen) atoms. The van der Waals surface area contributed by atoms with Crippen LogP contribution in [-0.4, -0.2) is 42.8 Å². The third-order valence-electron chi connectivity index (χ3n) is 3.92. The fourth-order valence-electron chi connectivity index (χ4n) is 2.19. The average Bonchev–Trinajstić information content (AvgIpc) is 2.30. The van der Waals surface area contributed by atoms with Crippen LogP contribution in [0, 0.1) is 11.3 Å². The SMILES string of the molecule is CCC(C)(CN)CN1CCC(CO)CC1. The molecular weight excluding hydrogens is 188 g/mol. The van der Waals surface area contributed by atoms with Gasteiger partial charge in [0, 0.05) is 13.2 Å². The van der Waals surface area contributed by atoms with Crippen LogP contribution in [-0.2, 0) is 0 Å². The number of nitrogens with zero attached hydrogens (tertiary/aromatic N) is 1. The second kappa shape index (κ2) is 5.83. The Labute approximate surface area is 93.6 Å². The van der Waals surface area contributed by atoms with E-state index in [4.69, 9.17) is 10.8 Å². The molecule has 0 aromatic rings. The monoisotopic (exact) mass is 214 g/mol. The highest BCUT2D eigenvalue weighted by Gasteiger charge is 2.26. The summed E-state index contributed by atoms with van der Waals surface area (Å²) in [7, 11) is 0. The van der Waals surface area contributed by atoms with Crippen LogP contribution >= 0.6 is 0 Å². The molecule has 0 saturated carbocycles. The molecule has 3 N–H and O–H groups in total. The lowest BCUT2D eigenvalue weighted by Gasteiger charge is -2.37. The van der Waals surface area contributed by atoms with Crippen molar-refractivity contribution in [2.75, 3.05) is 32.8 Å². The molecule has 0 aromatic carbocycles. The summed E-state index contributed by atoms with van der Waals surface area (Å²) in [5.41, 5.74) is 6.09. The van der Waals surface area contributed by atoms with Gasteiger partial charge in [-0.2, -0.15) is 0 Å². The first-order valence-corrected chi connectivity index (χ1v) is 6.17. The van der Waals surface area contributed by atoms with Crippen molar-refractivity contribution < 1.29 is 5.11 Å². The molecule has 90 valence electrons. The third kappa shape index (κ3) is 3.74. The van der Waals surface area contributed by atoms with Gasteiger partial charge in [-0.25, -0.2) is 0 Å². The van der Waals surface area contributed by atoms with Gasteiger partial charge in [0.25, 0.3) is 0 Å². The molecule has 0 aliphatic carbocycles. The van der Waals surface area contributed by atoms with E-state index in [2.05, 4.69) is 18.7 Å². The molecule has 1 heterocycles. The second-order valence-electron chi connectivity index (χ2n) is 5.27. The van der Waals surface area contributed by atoms with Crippen LogP contribution in [0.15, 0.2) is 0 Å². The zero-order valence-electron chi connectivity index (χ0n) is 10.2. The second-order valence-corrected chi connectivity index (χ2v) is 5.27. The lowest BCUT2D eigenvalue weighted by molar-refractivity contribution is 0.0957. The van der Waals surface area contributed by atoms with Gasteiger partial charge >= 0.3 is 0 Å². The first-order valence-electron chi connectivity index (χ1n) is 6.17. The average molecular weight is 214 g/mol. The van der Waals surface area contributed by atoms with Crippen molar-refractivity contribution in [3.63, 3.8) is 0 Å². The minimum absolute atomic E-state index is 0.270. The Morgan fingerprint density at radius 2 is 2.00 bits per heavy atom. The molecule has 0 aromatic heterocycles. The summed E-state index contributed by atoms with van der Waals surface area (Å²) in [6.45, 7) is 8.97. The Hall–Kier alpha value is -0.120. The van der Waals surface area contributed by atoms with Gasteiger partial charge in [0.2, 0.25) is 0 Å². The lowest BCUT2D eigenvalue weighted by Crippen LogP contribution is -2.44. The maximum atomic E-state index is 9.06. The molecular formula is C12H26N2O. The van der Waals surface area contributed by atoms with Gasteiger partial charge < -0.3 is 15.7 Å². The maximum absolute atomic E-state index is 9.06. The molecule has 1 fully saturated rings. The van der Waals surface area contributed by atoms with Crippen molar-refractivity contribution in [2.45, 2.75) is 33.1 Å². The molecule has 0 bridgehead atoms. The van der Waals surface area contributed by atoms with E-state index in [1.807, 2.05) is 0 Å². The first-order chi connectivity index (χ1) is 7.13. The van der Waals surface area contributed by atoms with Crippen LogP contribution in [0.3, 0.4) is 0 Å². The van der Waals surface area contributed by atoms with Gasteiger partial charge in [0.1, 0.15) is 0 Å². The Morgan fingerprint density at radius 3 is 2.40 bits per heavy atom. The van der Waals surface area contributed by atoms with Gasteiger partial charge in [-0.1, -0.05) is 13.8 Å². The fourth-order valence-corrected chi connectivity index (χ4v) is 2.19. The predicted molar refractivity (Wildman–Crippen MR) is 63.7 cm³/mol. The van der Waals surface area contributed by atoms with Crippen LogP contribution in [0.2, 0.25) is 0 Å². The van der Waals surface area contributed by atoms with Crippen LogP contribution in [0.4, 0.5) is 0 Å². The number of piperidine rings is 1. The fraction of sp³-hybridized carbons (Fsp3) is 1.00. The summed E-state index contributed by atoms with van der Waals surface area (Å²) in [6, 6.07) is 0. The summed E-state index contributed by atoms with van der Waals surface area (Å²) in [5, 5.41) is 9.06. The van der Waals surface area contributed by atoms with Crippen LogP contribution < -0.4 is 5.73 Å². The molecule has 1 aliphatic rings. The molecule has 0 amide bonds. The van der Waals surface area contributed by atoms with Gasteiger partial charge in [-0.05, 0) is 50.2 Å². The molecule has 0 radical (unpaired) electrons. The molecule has 0 spiro atoms. The largest absolute Gasteiger partial charge is 0.396 e. The minimum Gasteiger partial charge on any atom is -0.396 e. The van der Waals surface area contributed by atoms with Gasteiger partial charge in [0.15, 0.2) is 0 Å². The Kier molecular flexibility index (Phi) is 5.03. The highest BCUT2D eigenvalue weighted by atomic mass is 16.3. The molecule has 1 unspecified atom stereocenters. The Morgan fingerprint density at radius 1 is 1.40 bits per heavy atom. The minimum atomic E-state index is 0.270. The highest BCUT2D eigenvalue weighted by molar-refractivity contribution is 4.81. The topological polar surface area (TPSA) is 49.5 Å². The Balaban J connectivity index is 2.34. The van der Waals surface area contributed by atoms with Crippen LogP contribution in [0.25, 0.3) is 0 Å². The highest BCUT2D eigenvalue weighted by Crippen LogP contribution is 2.24. The van der Waals surface area contributed by atoms with E-state index < -0.39 is 0 Å². The van der Waals surface area contributed by atoms with Crippen molar-refractivity contribution >= 4 is 0 Å². The maximum Gasteiger partial charge on any atom is 0.0460 e. The molecule has 1 rings (SSSR count). The predicted octanol–water partition coefficient (Wildman–Crippen LogP) is 1.07. The molecule has 3 nitrogen and oxygen atoms in total. The molecule has 1 saturated heterocycles. The van der Waals surface area contributed by atoms with Crippen molar-refractivity contribution in [1.29, 1.82) is 0 Å². The Bertz CT molecular complexity index is 172. The number of rotatable bonds is 5. The summed E-state index contributed by atoms with van der Waals surface area (Å²) in [4.78, 5) is 2.50. The normalized spacial score (nSPS) is 24.0. The number of aliphatic hydroxyl groups excluding tert-OH is 1. The number of likely N-dealkylation sites (tertiary alicyclic amines) is 1. The van der Waals surface area contributed by atoms with Gasteiger partial charge in [-0.15, -0.1) is 0 Å². The van der Waals surface area contributed by atoms with E-state index in [-0.39, 0.29) is 5.41 Å². The molecule has 1 atom stereocenters. The van der Waals surface area contributed by atoms with E-state index in [0.717, 1.165) is 45.4 Å². The van der Waals surface area contributed by atoms with E-state index in [0.29, 0.717) is 12.5 Å². The van der Waals surface area contributed by atoms with Crippen LogP contribution in [0.1, 0.15) is 33.1 Å². The van der Waals surface area contributed by atoms with Gasteiger partial charge in [-0.3, -0.25) is 0 Å².